The highest BCUT2D eigenvalue weighted by Crippen LogP contribution is 2.21. The fourth-order valence-electron chi connectivity index (χ4n) is 3.31. The molecule has 2 heterocycles. The van der Waals surface area contributed by atoms with Crippen LogP contribution in [0.5, 0.6) is 0 Å². The molecular weight excluding hydrogens is 366 g/mol. The van der Waals surface area contributed by atoms with E-state index in [2.05, 4.69) is 0 Å². The van der Waals surface area contributed by atoms with Gasteiger partial charge in [0.2, 0.25) is 0 Å². The zero-order chi connectivity index (χ0) is 20.2. The first-order valence-electron chi connectivity index (χ1n) is 9.24. The van der Waals surface area contributed by atoms with Gasteiger partial charge in [0.15, 0.2) is 0 Å². The number of nitrogens with zero attached hydrogens (tertiary/aromatic N) is 1. The van der Waals surface area contributed by atoms with E-state index in [1.807, 2.05) is 72.8 Å². The molecule has 144 valence electrons. The number of carbonyl (C=O) groups excluding carboxylic acids is 1. The van der Waals surface area contributed by atoms with Gasteiger partial charge in [0, 0.05) is 6.20 Å². The Morgan fingerprint density at radius 1 is 0.828 bits per heavy atom. The summed E-state index contributed by atoms with van der Waals surface area (Å²) in [4.78, 5) is 24.3. The van der Waals surface area contributed by atoms with Crippen LogP contribution in [0, 0.1) is 0 Å². The van der Waals surface area contributed by atoms with Gasteiger partial charge in [-0.3, -0.25) is 0 Å². The van der Waals surface area contributed by atoms with Crippen molar-refractivity contribution < 1.29 is 19.4 Å². The number of hydrogen-bond donors (Lipinski definition) is 1. The van der Waals surface area contributed by atoms with Gasteiger partial charge in [-0.15, -0.1) is 0 Å². The van der Waals surface area contributed by atoms with E-state index >= 15 is 0 Å². The number of esters is 1. The summed E-state index contributed by atoms with van der Waals surface area (Å²) in [5.41, 5.74) is 3.70. The molecule has 1 N–H and O–H groups in total. The van der Waals surface area contributed by atoms with Crippen LogP contribution in [0.2, 0.25) is 0 Å². The first kappa shape index (κ1) is 18.5. The van der Waals surface area contributed by atoms with Crippen LogP contribution in [-0.4, -0.2) is 21.4 Å². The molecule has 0 aliphatic heterocycles. The highest BCUT2D eigenvalue weighted by Gasteiger charge is 2.20. The molecule has 0 aliphatic carbocycles. The summed E-state index contributed by atoms with van der Waals surface area (Å²) in [7, 11) is 0. The molecule has 5 nitrogen and oxygen atoms in total. The van der Waals surface area contributed by atoms with E-state index < -0.39 is 11.9 Å². The smallest absolute Gasteiger partial charge is 0.355 e. The highest BCUT2D eigenvalue weighted by atomic mass is 16.5. The van der Waals surface area contributed by atoms with Gasteiger partial charge in [0.05, 0.1) is 11.1 Å². The van der Waals surface area contributed by atoms with Crippen LogP contribution in [0.1, 0.15) is 37.5 Å². The molecule has 29 heavy (non-hydrogen) atoms. The number of aromatic carboxylic acids is 1. The summed E-state index contributed by atoms with van der Waals surface area (Å²) in [6, 6.07) is 24.3. The fraction of sp³-hybridized carbons (Fsp3) is 0.0833. The molecular formula is C24H19NO4. The van der Waals surface area contributed by atoms with E-state index in [1.54, 1.807) is 10.6 Å². The molecule has 5 heteroatoms. The average Bonchev–Trinajstić information content (AvgIpc) is 3.13. The lowest BCUT2D eigenvalue weighted by atomic mass is 10.1. The molecule has 0 saturated heterocycles. The molecule has 0 atom stereocenters. The number of carbonyl (C=O) groups is 2. The maximum absolute atomic E-state index is 12.6. The summed E-state index contributed by atoms with van der Waals surface area (Å²) in [5.74, 6) is -1.64. The molecule has 2 aromatic carbocycles. The van der Waals surface area contributed by atoms with Crippen LogP contribution in [0.15, 0.2) is 85.1 Å². The van der Waals surface area contributed by atoms with Crippen molar-refractivity contribution in [2.45, 2.75) is 13.0 Å². The van der Waals surface area contributed by atoms with Gasteiger partial charge < -0.3 is 14.2 Å². The number of carboxylic acids is 1. The predicted molar refractivity (Wildman–Crippen MR) is 109 cm³/mol. The summed E-state index contributed by atoms with van der Waals surface area (Å²) in [6.45, 7) is 0.126. The lowest BCUT2D eigenvalue weighted by Gasteiger charge is -2.07. The minimum absolute atomic E-state index is 0.0755. The fourth-order valence-corrected chi connectivity index (χ4v) is 3.31. The molecule has 0 fully saturated rings. The molecule has 0 bridgehead atoms. The molecule has 4 rings (SSSR count). The van der Waals surface area contributed by atoms with Crippen molar-refractivity contribution in [2.75, 3.05) is 0 Å². The maximum Gasteiger partial charge on any atom is 0.355 e. The summed E-state index contributed by atoms with van der Waals surface area (Å²) >= 11 is 0. The summed E-state index contributed by atoms with van der Waals surface area (Å²) in [6.07, 6.45) is 2.40. The van der Waals surface area contributed by atoms with Crippen LogP contribution < -0.4 is 0 Å². The van der Waals surface area contributed by atoms with Crippen molar-refractivity contribution in [3.63, 3.8) is 0 Å². The van der Waals surface area contributed by atoms with E-state index in [9.17, 15) is 14.7 Å². The number of rotatable bonds is 6. The molecule has 4 aromatic rings. The largest absolute Gasteiger partial charge is 0.478 e. The Morgan fingerprint density at radius 2 is 1.48 bits per heavy atom. The lowest BCUT2D eigenvalue weighted by Crippen LogP contribution is -2.08. The van der Waals surface area contributed by atoms with Crippen molar-refractivity contribution in [3.05, 3.63) is 113 Å². The SMILES string of the molecule is O=C(O)c1cc(C(=O)OCc2ccccc2)n2ccc(Cc3ccccc3)cc12. The first-order chi connectivity index (χ1) is 14.1. The van der Waals surface area contributed by atoms with E-state index in [0.29, 0.717) is 11.9 Å². The van der Waals surface area contributed by atoms with Crippen molar-refractivity contribution in [1.29, 1.82) is 0 Å². The summed E-state index contributed by atoms with van der Waals surface area (Å²) < 4.78 is 6.96. The van der Waals surface area contributed by atoms with E-state index in [4.69, 9.17) is 4.74 Å². The maximum atomic E-state index is 12.6. The van der Waals surface area contributed by atoms with Gasteiger partial charge >= 0.3 is 11.9 Å². The standard InChI is InChI=1S/C24H19NO4/c26-23(27)20-15-22(24(28)29-16-18-9-5-2-6-10-18)25-12-11-19(14-21(20)25)13-17-7-3-1-4-8-17/h1-12,14-15H,13,16H2,(H,26,27). The Bertz CT molecular complexity index is 1160. The van der Waals surface area contributed by atoms with Crippen LogP contribution in [-0.2, 0) is 17.8 Å². The van der Waals surface area contributed by atoms with Crippen LogP contribution in [0.25, 0.3) is 5.52 Å². The zero-order valence-electron chi connectivity index (χ0n) is 15.6. The summed E-state index contributed by atoms with van der Waals surface area (Å²) in [5, 5.41) is 9.60. The second-order valence-corrected chi connectivity index (χ2v) is 6.76. The van der Waals surface area contributed by atoms with E-state index in [1.165, 1.54) is 6.07 Å². The molecule has 0 spiro atoms. The Labute approximate surface area is 167 Å². The number of carboxylic acid groups (broad SMARTS) is 1. The zero-order valence-corrected chi connectivity index (χ0v) is 15.6. The number of hydrogen-bond acceptors (Lipinski definition) is 3. The highest BCUT2D eigenvalue weighted by molar-refractivity contribution is 6.01. The number of benzene rings is 2. The normalized spacial score (nSPS) is 10.8. The van der Waals surface area contributed by atoms with Crippen LogP contribution in [0.3, 0.4) is 0 Å². The Kier molecular flexibility index (Phi) is 5.12. The van der Waals surface area contributed by atoms with Gasteiger partial charge in [-0.1, -0.05) is 60.7 Å². The predicted octanol–water partition coefficient (Wildman–Crippen LogP) is 4.59. The van der Waals surface area contributed by atoms with E-state index in [-0.39, 0.29) is 17.9 Å². The van der Waals surface area contributed by atoms with Gasteiger partial charge in [-0.25, -0.2) is 9.59 Å². The van der Waals surface area contributed by atoms with Crippen molar-refractivity contribution in [1.82, 2.24) is 4.40 Å². The van der Waals surface area contributed by atoms with Gasteiger partial charge in [-0.2, -0.15) is 0 Å². The number of aromatic nitrogens is 1. The Morgan fingerprint density at radius 3 is 2.14 bits per heavy atom. The van der Waals surface area contributed by atoms with Crippen LogP contribution >= 0.6 is 0 Å². The first-order valence-corrected chi connectivity index (χ1v) is 9.24. The molecule has 0 aliphatic rings. The molecule has 2 aromatic heterocycles. The van der Waals surface area contributed by atoms with Crippen LogP contribution in [0.4, 0.5) is 0 Å². The van der Waals surface area contributed by atoms with Gasteiger partial charge in [-0.05, 0) is 41.3 Å². The van der Waals surface area contributed by atoms with Gasteiger partial charge in [0.25, 0.3) is 0 Å². The number of fused-ring (bicyclic) bond motifs is 1. The number of ether oxygens (including phenoxy) is 1. The second-order valence-electron chi connectivity index (χ2n) is 6.76. The van der Waals surface area contributed by atoms with Crippen molar-refractivity contribution in [2.24, 2.45) is 0 Å². The minimum Gasteiger partial charge on any atom is -0.478 e. The molecule has 0 saturated carbocycles. The quantitative estimate of drug-likeness (QED) is 0.493. The lowest BCUT2D eigenvalue weighted by molar-refractivity contribution is 0.0464. The Hall–Kier alpha value is -3.86. The number of pyridine rings is 1. The second kappa shape index (κ2) is 8.02. The van der Waals surface area contributed by atoms with Crippen molar-refractivity contribution >= 4 is 17.5 Å². The molecule has 0 radical (unpaired) electrons. The Balaban J connectivity index is 1.64. The average molecular weight is 385 g/mol. The third kappa shape index (κ3) is 4.04. The van der Waals surface area contributed by atoms with Gasteiger partial charge in [0.1, 0.15) is 12.3 Å². The van der Waals surface area contributed by atoms with Crippen molar-refractivity contribution in [3.8, 4) is 0 Å². The molecule has 0 unspecified atom stereocenters. The topological polar surface area (TPSA) is 68.0 Å². The third-order valence-corrected chi connectivity index (χ3v) is 4.74. The third-order valence-electron chi connectivity index (χ3n) is 4.74. The minimum atomic E-state index is -1.08. The van der Waals surface area contributed by atoms with E-state index in [0.717, 1.165) is 16.7 Å². The molecule has 0 amide bonds. The monoisotopic (exact) mass is 385 g/mol.